The Kier molecular flexibility index (Phi) is 12.1. The Morgan fingerprint density at radius 1 is 0.848 bits per heavy atom. The lowest BCUT2D eigenvalue weighted by molar-refractivity contribution is -0.0577. The summed E-state index contributed by atoms with van der Waals surface area (Å²) in [6, 6.07) is 13.6. The molecule has 46 heavy (non-hydrogen) atoms. The van der Waals surface area contributed by atoms with Crippen LogP contribution in [0.4, 0.5) is 28.8 Å². The zero-order valence-electron chi connectivity index (χ0n) is 27.2. The van der Waals surface area contributed by atoms with Gasteiger partial charge < -0.3 is 34.3 Å². The van der Waals surface area contributed by atoms with Gasteiger partial charge in [0.05, 0.1) is 31.4 Å². The van der Waals surface area contributed by atoms with Crippen LogP contribution in [0.1, 0.15) is 6.92 Å². The van der Waals surface area contributed by atoms with E-state index in [4.69, 9.17) is 25.8 Å². The summed E-state index contributed by atoms with van der Waals surface area (Å²) in [6.45, 7) is 16.0. The van der Waals surface area contributed by atoms with Crippen molar-refractivity contribution < 1.29 is 18.8 Å². The van der Waals surface area contributed by atoms with E-state index in [2.05, 4.69) is 46.3 Å². The first kappa shape index (κ1) is 34.4. The van der Waals surface area contributed by atoms with Gasteiger partial charge in [-0.25, -0.2) is 4.98 Å². The molecule has 12 nitrogen and oxygen atoms in total. The fourth-order valence-electron chi connectivity index (χ4n) is 5.49. The maximum Gasteiger partial charge on any atom is 0.229 e. The van der Waals surface area contributed by atoms with Gasteiger partial charge in [0, 0.05) is 76.0 Å². The van der Waals surface area contributed by atoms with Crippen molar-refractivity contribution >= 4 is 52.9 Å². The Bertz CT molecular complexity index is 1480. The van der Waals surface area contributed by atoms with E-state index in [-0.39, 0.29) is 0 Å². The van der Waals surface area contributed by atoms with Gasteiger partial charge in [0.1, 0.15) is 31.4 Å². The van der Waals surface area contributed by atoms with Gasteiger partial charge in [-0.1, -0.05) is 23.7 Å². The number of methoxy groups -OCH3 is 1. The lowest BCUT2D eigenvalue weighted by atomic mass is 10.2. The van der Waals surface area contributed by atoms with Crippen molar-refractivity contribution in [2.75, 3.05) is 115 Å². The van der Waals surface area contributed by atoms with Gasteiger partial charge in [0.15, 0.2) is 5.82 Å². The second-order valence-electron chi connectivity index (χ2n) is 11.8. The predicted molar refractivity (Wildman–Crippen MR) is 186 cm³/mol. The minimum absolute atomic E-state index is 0.352. The molecule has 250 valence electrons. The topological polar surface area (TPSA) is 108 Å². The molecule has 0 atom stereocenters. The quantitative estimate of drug-likeness (QED) is 0.235. The monoisotopic (exact) mass is 672 g/mol. The van der Waals surface area contributed by atoms with Crippen LogP contribution in [0, 0.1) is 0 Å². The van der Waals surface area contributed by atoms with Crippen molar-refractivity contribution in [3.63, 3.8) is 0 Å². The third kappa shape index (κ3) is 9.32. The van der Waals surface area contributed by atoms with Gasteiger partial charge >= 0.3 is 0 Å². The van der Waals surface area contributed by atoms with Crippen LogP contribution in [0.25, 0.3) is 0 Å². The Labute approximate surface area is 277 Å². The third-order valence-corrected chi connectivity index (χ3v) is 9.97. The molecule has 1 aromatic heterocycles. The molecule has 2 N–H and O–H groups in total. The van der Waals surface area contributed by atoms with Gasteiger partial charge in [-0.05, 0) is 44.5 Å². The standard InChI is InChI=1S/C32H46ClN8O4P/c1-5-44-22-38-12-14-39(15-13-38)23-45-24-40-16-18-41(19-17-40)25-10-11-27(29(20-25)43-2)36-32-34-21-26(33)31(37-32)35-28-8-6-7-9-30(28)46(3,4)42/h6-11,20-21H,5,12-19,22-24H2,1-4H3,(H2,34,35,36,37). The maximum absolute atomic E-state index is 12.8. The zero-order valence-corrected chi connectivity index (χ0v) is 28.9. The Morgan fingerprint density at radius 2 is 1.48 bits per heavy atom. The average Bonchev–Trinajstić information content (AvgIpc) is 3.06. The molecular weight excluding hydrogens is 627 g/mol. The minimum atomic E-state index is -2.52. The highest BCUT2D eigenvalue weighted by atomic mass is 35.5. The van der Waals surface area contributed by atoms with Gasteiger partial charge in [-0.3, -0.25) is 14.7 Å². The van der Waals surface area contributed by atoms with Crippen LogP contribution in [-0.4, -0.2) is 124 Å². The number of ether oxygens (including phenoxy) is 3. The minimum Gasteiger partial charge on any atom is -0.494 e. The molecule has 0 amide bonds. The number of nitrogens with one attached hydrogen (secondary N) is 2. The SMILES string of the molecule is CCOCN1CCN(COCN2CCN(c3ccc(Nc4ncc(Cl)c(Nc5ccccc5P(C)(C)=O)n4)c(OC)c3)CC2)CC1. The molecule has 2 aliphatic heterocycles. The highest BCUT2D eigenvalue weighted by molar-refractivity contribution is 7.70. The first-order valence-corrected chi connectivity index (χ1v) is 18.7. The summed E-state index contributed by atoms with van der Waals surface area (Å²) < 4.78 is 30.2. The second-order valence-corrected chi connectivity index (χ2v) is 15.4. The number of para-hydroxylation sites is 1. The molecule has 2 aromatic carbocycles. The smallest absolute Gasteiger partial charge is 0.229 e. The summed E-state index contributed by atoms with van der Waals surface area (Å²) in [5, 5.41) is 7.59. The first-order chi connectivity index (χ1) is 22.2. The highest BCUT2D eigenvalue weighted by Crippen LogP contribution is 2.39. The molecule has 3 heterocycles. The van der Waals surface area contributed by atoms with Gasteiger partial charge in [-0.15, -0.1) is 0 Å². The molecular formula is C32H46ClN8O4P. The number of hydrogen-bond donors (Lipinski definition) is 2. The number of nitrogens with zero attached hydrogens (tertiary/aromatic N) is 6. The van der Waals surface area contributed by atoms with E-state index in [1.165, 1.54) is 6.20 Å². The van der Waals surface area contributed by atoms with Crippen LogP contribution < -0.4 is 25.6 Å². The summed E-state index contributed by atoms with van der Waals surface area (Å²) in [5.41, 5.74) is 2.52. The third-order valence-electron chi connectivity index (χ3n) is 8.14. The molecule has 0 bridgehead atoms. The fourth-order valence-corrected chi connectivity index (χ4v) is 6.79. The largest absolute Gasteiger partial charge is 0.494 e. The Hall–Kier alpha value is -2.96. The van der Waals surface area contributed by atoms with E-state index in [1.807, 2.05) is 43.3 Å². The van der Waals surface area contributed by atoms with Crippen LogP contribution >= 0.6 is 18.7 Å². The van der Waals surface area contributed by atoms with Crippen LogP contribution in [-0.2, 0) is 14.0 Å². The molecule has 5 rings (SSSR count). The van der Waals surface area contributed by atoms with Crippen LogP contribution in [0.3, 0.4) is 0 Å². The second kappa shape index (κ2) is 16.2. The molecule has 0 aliphatic carbocycles. The average molecular weight is 673 g/mol. The van der Waals surface area contributed by atoms with Crippen molar-refractivity contribution in [1.29, 1.82) is 0 Å². The lowest BCUT2D eigenvalue weighted by Gasteiger charge is -2.37. The van der Waals surface area contributed by atoms with E-state index in [0.717, 1.165) is 82.4 Å². The van der Waals surface area contributed by atoms with Gasteiger partial charge in [0.2, 0.25) is 5.95 Å². The van der Waals surface area contributed by atoms with Crippen molar-refractivity contribution in [3.05, 3.63) is 53.7 Å². The number of piperazine rings is 2. The number of rotatable bonds is 14. The molecule has 3 aromatic rings. The highest BCUT2D eigenvalue weighted by Gasteiger charge is 2.21. The summed E-state index contributed by atoms with van der Waals surface area (Å²) in [6.07, 6.45) is 1.54. The van der Waals surface area contributed by atoms with Gasteiger partial charge in [0.25, 0.3) is 0 Å². The number of halogens is 1. The van der Waals surface area contributed by atoms with E-state index in [9.17, 15) is 4.57 Å². The van der Waals surface area contributed by atoms with E-state index in [0.29, 0.717) is 41.7 Å². The zero-order chi connectivity index (χ0) is 32.5. The van der Waals surface area contributed by atoms with Gasteiger partial charge in [-0.2, -0.15) is 4.98 Å². The van der Waals surface area contributed by atoms with E-state index >= 15 is 0 Å². The Balaban J connectivity index is 1.13. The molecule has 14 heteroatoms. The molecule has 2 aliphatic rings. The molecule has 2 fully saturated rings. The van der Waals surface area contributed by atoms with Crippen molar-refractivity contribution in [1.82, 2.24) is 24.7 Å². The number of anilines is 5. The fraction of sp³-hybridized carbons (Fsp3) is 0.500. The maximum atomic E-state index is 12.8. The van der Waals surface area contributed by atoms with Crippen molar-refractivity contribution in [2.24, 2.45) is 0 Å². The Morgan fingerprint density at radius 3 is 2.11 bits per heavy atom. The molecule has 2 saturated heterocycles. The number of aromatic nitrogens is 2. The number of hydrogen-bond acceptors (Lipinski definition) is 12. The molecule has 0 saturated carbocycles. The summed E-state index contributed by atoms with van der Waals surface area (Å²) >= 11 is 6.44. The molecule has 0 spiro atoms. The first-order valence-electron chi connectivity index (χ1n) is 15.7. The van der Waals surface area contributed by atoms with E-state index in [1.54, 1.807) is 20.4 Å². The predicted octanol–water partition coefficient (Wildman–Crippen LogP) is 4.54. The molecule has 0 unspecified atom stereocenters. The lowest BCUT2D eigenvalue weighted by Crippen LogP contribution is -2.49. The molecule has 0 radical (unpaired) electrons. The summed E-state index contributed by atoms with van der Waals surface area (Å²) in [5.74, 6) is 1.45. The van der Waals surface area contributed by atoms with Crippen LogP contribution in [0.15, 0.2) is 48.7 Å². The van der Waals surface area contributed by atoms with Crippen LogP contribution in [0.2, 0.25) is 5.02 Å². The number of benzene rings is 2. The van der Waals surface area contributed by atoms with Crippen LogP contribution in [0.5, 0.6) is 5.75 Å². The normalized spacial score (nSPS) is 16.8. The summed E-state index contributed by atoms with van der Waals surface area (Å²) in [4.78, 5) is 18.4. The summed E-state index contributed by atoms with van der Waals surface area (Å²) in [7, 11) is -0.869. The van der Waals surface area contributed by atoms with Crippen molar-refractivity contribution in [2.45, 2.75) is 6.92 Å². The van der Waals surface area contributed by atoms with E-state index < -0.39 is 7.14 Å². The van der Waals surface area contributed by atoms with Crippen molar-refractivity contribution in [3.8, 4) is 5.75 Å².